The summed E-state index contributed by atoms with van der Waals surface area (Å²) in [5.41, 5.74) is 14.5. The molecule has 0 saturated carbocycles. The third kappa shape index (κ3) is 6.00. The molecule has 6 heteroatoms. The Morgan fingerprint density at radius 2 is 0.984 bits per heavy atom. The SMILES string of the molecule is C[Si](C)(C)c1cc2c3c(c1)N1c4ccccc4[Si](c4ccccc4)(c4ccccc4)c4cccc(c41)B3c1cccc(Sc3ccccc3)c1N2c1ccccc1Cc1ccccc1. The standard InChI is InChI=1S/C58H47BN2SSi2/c1-63(2,3)46-39-51-56-52(40-46)61-50-34-18-19-36-54(50)64(44-27-12-6-13-28-44,45-29-14-7-15-30-45)55-37-21-32-48(58(55)61)59(56)47-31-20-35-53(62-43-25-10-5-11-26-43)57(47)60(51)49-33-17-16-24-42(49)38-41-22-8-4-9-23-41/h4-37,39-40H,38H2,1-3H3. The molecule has 0 spiro atoms. The van der Waals surface area contributed by atoms with Gasteiger partial charge in [0.2, 0.25) is 0 Å². The highest BCUT2D eigenvalue weighted by atomic mass is 32.2. The Bertz CT molecular complexity index is 3190. The minimum Gasteiger partial charge on any atom is -0.312 e. The average molecular weight is 871 g/mol. The highest BCUT2D eigenvalue weighted by molar-refractivity contribution is 7.99. The monoisotopic (exact) mass is 870 g/mol. The largest absolute Gasteiger partial charge is 0.312 e. The quantitative estimate of drug-likeness (QED) is 0.141. The minimum absolute atomic E-state index is 0.0132. The Hall–Kier alpha value is -6.57. The maximum Gasteiger partial charge on any atom is 0.252 e. The van der Waals surface area contributed by atoms with E-state index in [-0.39, 0.29) is 6.71 Å². The van der Waals surface area contributed by atoms with E-state index in [0.29, 0.717) is 0 Å². The van der Waals surface area contributed by atoms with Gasteiger partial charge in [0, 0.05) is 38.2 Å². The number of nitrogens with zero attached hydrogens (tertiary/aromatic N) is 2. The maximum absolute atomic E-state index is 2.85. The fourth-order valence-electron chi connectivity index (χ4n) is 11.0. The van der Waals surface area contributed by atoms with Crippen molar-refractivity contribution in [2.45, 2.75) is 35.9 Å². The lowest BCUT2D eigenvalue weighted by atomic mass is 9.33. The Morgan fingerprint density at radius 3 is 1.64 bits per heavy atom. The zero-order valence-electron chi connectivity index (χ0n) is 36.4. The summed E-state index contributed by atoms with van der Waals surface area (Å²) in [6.07, 6.45) is 0.841. The average Bonchev–Trinajstić information content (AvgIpc) is 3.33. The van der Waals surface area contributed by atoms with Crippen LogP contribution in [-0.2, 0) is 6.42 Å². The molecular weight excluding hydrogens is 824 g/mol. The maximum atomic E-state index is 2.71. The van der Waals surface area contributed by atoms with Gasteiger partial charge >= 0.3 is 0 Å². The van der Waals surface area contributed by atoms with Crippen molar-refractivity contribution in [2.75, 3.05) is 9.80 Å². The molecule has 0 saturated heterocycles. The van der Waals surface area contributed by atoms with Crippen LogP contribution in [0.25, 0.3) is 0 Å². The molecule has 0 radical (unpaired) electrons. The minimum atomic E-state index is -2.85. The molecule has 0 N–H and O–H groups in total. The van der Waals surface area contributed by atoms with Gasteiger partial charge in [0.15, 0.2) is 8.07 Å². The molecule has 0 amide bonds. The summed E-state index contributed by atoms with van der Waals surface area (Å²) in [6, 6.07) is 83.0. The lowest BCUT2D eigenvalue weighted by molar-refractivity contribution is 1.14. The van der Waals surface area contributed by atoms with E-state index in [4.69, 9.17) is 0 Å². The van der Waals surface area contributed by atoms with Gasteiger partial charge in [0.1, 0.15) is 0 Å². The van der Waals surface area contributed by atoms with E-state index in [2.05, 4.69) is 248 Å². The van der Waals surface area contributed by atoms with Gasteiger partial charge < -0.3 is 9.80 Å². The Labute approximate surface area is 384 Å². The predicted octanol–water partition coefficient (Wildman–Crippen LogP) is 9.75. The molecule has 9 aromatic carbocycles. The third-order valence-electron chi connectivity index (χ3n) is 13.7. The first-order chi connectivity index (χ1) is 31.4. The summed E-state index contributed by atoms with van der Waals surface area (Å²) in [4.78, 5) is 7.88. The van der Waals surface area contributed by atoms with Gasteiger partial charge in [-0.1, -0.05) is 213 Å². The van der Waals surface area contributed by atoms with Crippen molar-refractivity contribution in [1.82, 2.24) is 0 Å². The van der Waals surface area contributed by atoms with Gasteiger partial charge in [-0.3, -0.25) is 0 Å². The molecule has 3 aliphatic heterocycles. The fourth-order valence-corrected chi connectivity index (χ4v) is 18.3. The van der Waals surface area contributed by atoms with Crippen molar-refractivity contribution in [3.63, 3.8) is 0 Å². The molecule has 0 bridgehead atoms. The van der Waals surface area contributed by atoms with Crippen LogP contribution in [-0.4, -0.2) is 22.9 Å². The number of benzene rings is 9. The highest BCUT2D eigenvalue weighted by Gasteiger charge is 2.54. The Morgan fingerprint density at radius 1 is 0.469 bits per heavy atom. The van der Waals surface area contributed by atoms with E-state index < -0.39 is 16.1 Å². The normalized spacial score (nSPS) is 14.0. The van der Waals surface area contributed by atoms with Crippen molar-refractivity contribution in [3.8, 4) is 0 Å². The van der Waals surface area contributed by atoms with Crippen LogP contribution < -0.4 is 52.1 Å². The first-order valence-corrected chi connectivity index (χ1v) is 28.8. The first-order valence-electron chi connectivity index (χ1n) is 22.5. The zero-order chi connectivity index (χ0) is 43.0. The summed E-state index contributed by atoms with van der Waals surface area (Å²) < 4.78 is 0. The lowest BCUT2D eigenvalue weighted by Gasteiger charge is -2.51. The second kappa shape index (κ2) is 15.3. The van der Waals surface area contributed by atoms with Gasteiger partial charge in [-0.25, -0.2) is 0 Å². The van der Waals surface area contributed by atoms with Gasteiger partial charge in [-0.2, -0.15) is 0 Å². The van der Waals surface area contributed by atoms with Gasteiger partial charge in [-0.15, -0.1) is 0 Å². The number of hydrogen-bond donors (Lipinski definition) is 0. The van der Waals surface area contributed by atoms with Crippen molar-refractivity contribution in [1.29, 1.82) is 0 Å². The molecule has 0 aliphatic carbocycles. The predicted molar refractivity (Wildman–Crippen MR) is 280 cm³/mol. The molecular formula is C58H47BN2SSi2. The number of para-hydroxylation sites is 4. The molecule has 2 nitrogen and oxygen atoms in total. The van der Waals surface area contributed by atoms with Crippen molar-refractivity contribution < 1.29 is 0 Å². The first kappa shape index (κ1) is 39.1. The van der Waals surface area contributed by atoms with Crippen LogP contribution >= 0.6 is 11.8 Å². The second-order valence-electron chi connectivity index (χ2n) is 18.4. The number of rotatable bonds is 8. The van der Waals surface area contributed by atoms with E-state index in [9.17, 15) is 0 Å². The van der Waals surface area contributed by atoms with E-state index in [0.717, 1.165) is 6.42 Å². The molecule has 3 heterocycles. The fraction of sp³-hybridized carbons (Fsp3) is 0.0690. The number of fused-ring (bicyclic) bond motifs is 6. The summed E-state index contributed by atoms with van der Waals surface area (Å²) in [7, 11) is -4.77. The molecule has 0 unspecified atom stereocenters. The number of anilines is 6. The van der Waals surface area contributed by atoms with Gasteiger partial charge in [0.05, 0.1) is 13.8 Å². The summed E-state index contributed by atoms with van der Waals surface area (Å²) in [5.74, 6) is 0. The van der Waals surface area contributed by atoms with Crippen molar-refractivity contribution in [2.24, 2.45) is 0 Å². The van der Waals surface area contributed by atoms with Crippen molar-refractivity contribution >= 4 is 111 Å². The number of hydrogen-bond acceptors (Lipinski definition) is 3. The van der Waals surface area contributed by atoms with E-state index >= 15 is 0 Å². The van der Waals surface area contributed by atoms with Crippen molar-refractivity contribution in [3.05, 3.63) is 230 Å². The van der Waals surface area contributed by atoms with Crippen LogP contribution in [0.4, 0.5) is 34.1 Å². The van der Waals surface area contributed by atoms with Crippen LogP contribution in [0.5, 0.6) is 0 Å². The molecule has 9 aromatic rings. The molecule has 0 fully saturated rings. The highest BCUT2D eigenvalue weighted by Crippen LogP contribution is 2.49. The van der Waals surface area contributed by atoms with Gasteiger partial charge in [0.25, 0.3) is 6.71 Å². The zero-order valence-corrected chi connectivity index (χ0v) is 39.2. The molecule has 3 aliphatic rings. The molecule has 0 aromatic heterocycles. The van der Waals surface area contributed by atoms with Crippen LogP contribution in [0.3, 0.4) is 0 Å². The van der Waals surface area contributed by atoms with E-state index in [1.807, 2.05) is 11.8 Å². The molecule has 12 rings (SSSR count). The summed E-state index contributed by atoms with van der Waals surface area (Å²) in [6.45, 7) is 7.54. The topological polar surface area (TPSA) is 6.48 Å². The second-order valence-corrected chi connectivity index (χ2v) is 28.3. The van der Waals surface area contributed by atoms with Crippen LogP contribution in [0.1, 0.15) is 11.1 Å². The van der Waals surface area contributed by atoms with E-state index in [1.54, 1.807) is 0 Å². The molecule has 64 heavy (non-hydrogen) atoms. The third-order valence-corrected chi connectivity index (χ3v) is 21.7. The summed E-state index contributed by atoms with van der Waals surface area (Å²) in [5, 5.41) is 7.18. The van der Waals surface area contributed by atoms with Crippen LogP contribution in [0.2, 0.25) is 19.6 Å². The summed E-state index contributed by atoms with van der Waals surface area (Å²) >= 11 is 1.88. The Kier molecular flexibility index (Phi) is 9.34. The van der Waals surface area contributed by atoms with E-state index in [1.165, 1.54) is 97.4 Å². The van der Waals surface area contributed by atoms with Gasteiger partial charge in [-0.05, 0) is 97.1 Å². The molecule has 0 atom stereocenters. The lowest BCUT2D eigenvalue weighted by Crippen LogP contribution is -2.79. The van der Waals surface area contributed by atoms with Crippen LogP contribution in [0, 0.1) is 0 Å². The Balaban J connectivity index is 1.21. The molecule has 306 valence electrons. The smallest absolute Gasteiger partial charge is 0.252 e. The van der Waals surface area contributed by atoms with Crippen LogP contribution in [0.15, 0.2) is 228 Å².